The molecule has 0 saturated carbocycles. The van der Waals surface area contributed by atoms with E-state index in [9.17, 15) is 22.0 Å². The molecule has 0 saturated heterocycles. The summed E-state index contributed by atoms with van der Waals surface area (Å²) in [6.07, 6.45) is -11.5. The molecule has 0 unspecified atom stereocenters. The normalized spacial score (nSPS) is 13.3. The van der Waals surface area contributed by atoms with Gasteiger partial charge in [0, 0.05) is 0 Å². The minimum atomic E-state index is -5.50. The van der Waals surface area contributed by atoms with Crippen LogP contribution in [0.2, 0.25) is 0 Å². The third-order valence-corrected chi connectivity index (χ3v) is 0.389. The molecule has 0 rings (SSSR count). The van der Waals surface area contributed by atoms with E-state index in [0.29, 0.717) is 0 Å². The number of rotatable bonds is 2. The van der Waals surface area contributed by atoms with Gasteiger partial charge in [-0.2, -0.15) is 8.78 Å². The first kappa shape index (κ1) is 9.28. The number of carbonyl (C=O) groups excluding carboxylic acids is 1. The van der Waals surface area contributed by atoms with Gasteiger partial charge in [-0.3, -0.25) is 4.79 Å². The van der Waals surface area contributed by atoms with Gasteiger partial charge in [-0.15, -0.1) is 13.2 Å². The van der Waals surface area contributed by atoms with Crippen molar-refractivity contribution in [2.75, 3.05) is 0 Å². The summed E-state index contributed by atoms with van der Waals surface area (Å²) < 4.78 is 57.4. The third-order valence-electron chi connectivity index (χ3n) is 0.389. The van der Waals surface area contributed by atoms with Gasteiger partial charge in [-0.1, -0.05) is 0 Å². The lowest BCUT2D eigenvalue weighted by atomic mass is 10.7. The molecule has 0 heterocycles. The first-order chi connectivity index (χ1) is 4.27. The lowest BCUT2D eigenvalue weighted by Crippen LogP contribution is -2.30. The van der Waals surface area contributed by atoms with Gasteiger partial charge in [0.2, 0.25) is 6.29 Å². The molecule has 0 aromatic heterocycles. The van der Waals surface area contributed by atoms with Crippen LogP contribution in [0.3, 0.4) is 0 Å². The largest absolute Gasteiger partial charge is 0.527 e. The Balaban J connectivity index is 4.01. The summed E-state index contributed by atoms with van der Waals surface area (Å²) in [4.78, 5) is 9.13. The van der Waals surface area contributed by atoms with E-state index in [1.807, 2.05) is 0 Å². The lowest BCUT2D eigenvalue weighted by Gasteiger charge is -2.11. The van der Waals surface area contributed by atoms with Crippen molar-refractivity contribution < 1.29 is 31.5 Å². The van der Waals surface area contributed by atoms with E-state index in [-0.39, 0.29) is 0 Å². The van der Waals surface area contributed by atoms with E-state index in [4.69, 9.17) is 4.79 Å². The summed E-state index contributed by atoms with van der Waals surface area (Å²) in [5, 5.41) is 0. The highest BCUT2D eigenvalue weighted by molar-refractivity contribution is 5.57. The quantitative estimate of drug-likeness (QED) is 0.454. The van der Waals surface area contributed by atoms with E-state index in [1.165, 1.54) is 0 Å². The second kappa shape index (κ2) is 2.49. The zero-order valence-electron chi connectivity index (χ0n) is 4.28. The topological polar surface area (TPSA) is 26.3 Å². The Morgan fingerprint density at radius 1 is 1.10 bits per heavy atom. The summed E-state index contributed by atoms with van der Waals surface area (Å²) in [7, 11) is 0. The van der Waals surface area contributed by atoms with Gasteiger partial charge in [-0.05, 0) is 0 Å². The molecule has 0 aliphatic heterocycles. The van der Waals surface area contributed by atoms with Crippen LogP contribution in [0.5, 0.6) is 0 Å². The highest BCUT2D eigenvalue weighted by Crippen LogP contribution is 2.25. The van der Waals surface area contributed by atoms with Crippen molar-refractivity contribution in [3.8, 4) is 0 Å². The van der Waals surface area contributed by atoms with Crippen molar-refractivity contribution in [2.45, 2.75) is 12.5 Å². The van der Waals surface area contributed by atoms with Gasteiger partial charge in [0.1, 0.15) is 0 Å². The van der Waals surface area contributed by atoms with Crippen molar-refractivity contribution in [3.63, 3.8) is 0 Å². The standard InChI is InChI=1S/C3HF5O2/c4-2(5,1-9)10-3(6,7)8/h1H. The van der Waals surface area contributed by atoms with Crippen LogP contribution in [0.4, 0.5) is 22.0 Å². The van der Waals surface area contributed by atoms with Crippen molar-refractivity contribution in [1.82, 2.24) is 0 Å². The number of ether oxygens (including phenoxy) is 1. The van der Waals surface area contributed by atoms with Crippen molar-refractivity contribution >= 4 is 6.29 Å². The summed E-state index contributed by atoms with van der Waals surface area (Å²) in [5.74, 6) is 0. The predicted octanol–water partition coefficient (Wildman–Crippen LogP) is 1.31. The molecule has 0 amide bonds. The average Bonchev–Trinajstić information content (AvgIpc) is 1.60. The van der Waals surface area contributed by atoms with Crippen molar-refractivity contribution in [1.29, 1.82) is 0 Å². The summed E-state index contributed by atoms with van der Waals surface area (Å²) in [6, 6.07) is 0. The molecule has 0 atom stereocenters. The highest BCUT2D eigenvalue weighted by atomic mass is 19.4. The molecular formula is C3HF5O2. The van der Waals surface area contributed by atoms with E-state index in [2.05, 4.69) is 4.74 Å². The molecule has 0 aliphatic rings. The molecule has 0 fully saturated rings. The van der Waals surface area contributed by atoms with Crippen LogP contribution >= 0.6 is 0 Å². The monoisotopic (exact) mass is 164 g/mol. The Morgan fingerprint density at radius 3 is 1.60 bits per heavy atom. The number of carbonyl (C=O) groups is 1. The number of alkyl halides is 5. The number of halogens is 5. The Morgan fingerprint density at radius 2 is 1.50 bits per heavy atom. The first-order valence-electron chi connectivity index (χ1n) is 1.88. The van der Waals surface area contributed by atoms with Crippen LogP contribution in [0.15, 0.2) is 0 Å². The predicted molar refractivity (Wildman–Crippen MR) is 18.2 cm³/mol. The Kier molecular flexibility index (Phi) is 2.31. The molecule has 7 heteroatoms. The maximum absolute atomic E-state index is 11.3. The van der Waals surface area contributed by atoms with Gasteiger partial charge in [-0.25, -0.2) is 4.74 Å². The molecule has 60 valence electrons. The Hall–Kier alpha value is -0.720. The minimum Gasteiger partial charge on any atom is -0.294 e. The summed E-state index contributed by atoms with van der Waals surface area (Å²) in [5.41, 5.74) is 0. The maximum atomic E-state index is 11.3. The van der Waals surface area contributed by atoms with E-state index in [0.717, 1.165) is 0 Å². The molecule has 0 N–H and O–H groups in total. The molecule has 0 aromatic carbocycles. The van der Waals surface area contributed by atoms with Crippen LogP contribution in [0.1, 0.15) is 0 Å². The molecular weight excluding hydrogens is 163 g/mol. The fourth-order valence-electron chi connectivity index (χ4n) is 0.178. The van der Waals surface area contributed by atoms with Crippen LogP contribution in [0.25, 0.3) is 0 Å². The van der Waals surface area contributed by atoms with E-state index in [1.54, 1.807) is 0 Å². The lowest BCUT2D eigenvalue weighted by molar-refractivity contribution is -0.406. The van der Waals surface area contributed by atoms with Gasteiger partial charge in [0.25, 0.3) is 0 Å². The third kappa shape index (κ3) is 4.19. The Labute approximate surface area is 51.6 Å². The van der Waals surface area contributed by atoms with Gasteiger partial charge >= 0.3 is 12.5 Å². The second-order valence-corrected chi connectivity index (χ2v) is 1.23. The average molecular weight is 164 g/mol. The van der Waals surface area contributed by atoms with Gasteiger partial charge < -0.3 is 0 Å². The van der Waals surface area contributed by atoms with Crippen LogP contribution in [0, 0.1) is 0 Å². The van der Waals surface area contributed by atoms with E-state index < -0.39 is 18.8 Å². The number of aldehydes is 1. The molecule has 0 aliphatic carbocycles. The summed E-state index contributed by atoms with van der Waals surface area (Å²) >= 11 is 0. The van der Waals surface area contributed by atoms with Crippen LogP contribution < -0.4 is 0 Å². The highest BCUT2D eigenvalue weighted by Gasteiger charge is 2.44. The fourth-order valence-corrected chi connectivity index (χ4v) is 0.178. The second-order valence-electron chi connectivity index (χ2n) is 1.23. The molecule has 0 aromatic rings. The number of hydrogen-bond acceptors (Lipinski definition) is 2. The number of hydrogen-bond donors (Lipinski definition) is 0. The molecule has 10 heavy (non-hydrogen) atoms. The summed E-state index contributed by atoms with van der Waals surface area (Å²) in [6.45, 7) is 0. The molecule has 0 bridgehead atoms. The fraction of sp³-hybridized carbons (Fsp3) is 0.667. The van der Waals surface area contributed by atoms with Crippen LogP contribution in [-0.2, 0) is 9.53 Å². The van der Waals surface area contributed by atoms with Gasteiger partial charge in [0.15, 0.2) is 0 Å². The Bertz CT molecular complexity index is 127. The zero-order valence-corrected chi connectivity index (χ0v) is 4.28. The molecule has 0 radical (unpaired) electrons. The van der Waals surface area contributed by atoms with Crippen molar-refractivity contribution in [2.24, 2.45) is 0 Å². The maximum Gasteiger partial charge on any atom is 0.527 e. The smallest absolute Gasteiger partial charge is 0.294 e. The molecule has 0 spiro atoms. The SMILES string of the molecule is O=CC(F)(F)OC(F)(F)F. The van der Waals surface area contributed by atoms with Crippen molar-refractivity contribution in [3.05, 3.63) is 0 Å². The molecule has 2 nitrogen and oxygen atoms in total. The minimum absolute atomic E-state index is 1.24. The van der Waals surface area contributed by atoms with E-state index >= 15 is 0 Å². The zero-order chi connectivity index (χ0) is 8.41. The first-order valence-corrected chi connectivity index (χ1v) is 1.88. The van der Waals surface area contributed by atoms with Gasteiger partial charge in [0.05, 0.1) is 0 Å². The van der Waals surface area contributed by atoms with Crippen LogP contribution in [-0.4, -0.2) is 18.8 Å².